The van der Waals surface area contributed by atoms with Crippen molar-refractivity contribution in [3.8, 4) is 0 Å². The van der Waals surface area contributed by atoms with E-state index >= 15 is 0 Å². The zero-order valence-electron chi connectivity index (χ0n) is 13.2. The summed E-state index contributed by atoms with van der Waals surface area (Å²) in [4.78, 5) is 6.39. The van der Waals surface area contributed by atoms with Crippen molar-refractivity contribution in [3.05, 3.63) is 72.1 Å². The summed E-state index contributed by atoms with van der Waals surface area (Å²) in [6.45, 7) is 1.68. The van der Waals surface area contributed by atoms with E-state index in [9.17, 15) is 0 Å². The predicted octanol–water partition coefficient (Wildman–Crippen LogP) is 2.99. The average molecular weight is 295 g/mol. The van der Waals surface area contributed by atoms with Crippen LogP contribution in [0.3, 0.4) is 0 Å². The first-order valence-corrected chi connectivity index (χ1v) is 7.80. The zero-order valence-corrected chi connectivity index (χ0v) is 13.2. The third-order valence-corrected chi connectivity index (χ3v) is 3.92. The summed E-state index contributed by atoms with van der Waals surface area (Å²) in [5.74, 6) is 0. The van der Waals surface area contributed by atoms with Gasteiger partial charge in [0.05, 0.1) is 0 Å². The fraction of sp³-hybridized carbons (Fsp3) is 0.316. The summed E-state index contributed by atoms with van der Waals surface area (Å²) in [5, 5.41) is 0. The van der Waals surface area contributed by atoms with Crippen LogP contribution in [-0.2, 0) is 6.42 Å². The highest BCUT2D eigenvalue weighted by Crippen LogP contribution is 2.08. The molecule has 1 aromatic heterocycles. The number of benzene rings is 1. The Hall–Kier alpha value is -1.97. The van der Waals surface area contributed by atoms with Crippen LogP contribution in [0.1, 0.15) is 17.5 Å². The first-order chi connectivity index (χ1) is 10.8. The molecular formula is C19H25N3. The number of rotatable bonds is 8. The number of pyridine rings is 1. The number of hydrogen-bond donors (Lipinski definition) is 1. The van der Waals surface area contributed by atoms with Crippen LogP contribution in [0.5, 0.6) is 0 Å². The molecule has 2 N–H and O–H groups in total. The lowest BCUT2D eigenvalue weighted by Gasteiger charge is -2.26. The van der Waals surface area contributed by atoms with Crippen LogP contribution in [0.15, 0.2) is 60.9 Å². The third kappa shape index (κ3) is 5.43. The van der Waals surface area contributed by atoms with Gasteiger partial charge < -0.3 is 10.6 Å². The van der Waals surface area contributed by atoms with Crippen molar-refractivity contribution >= 4 is 6.08 Å². The largest absolute Gasteiger partial charge is 0.329 e. The topological polar surface area (TPSA) is 42.2 Å². The third-order valence-electron chi connectivity index (χ3n) is 3.92. The fourth-order valence-corrected chi connectivity index (χ4v) is 2.42. The molecule has 0 radical (unpaired) electrons. The Morgan fingerprint density at radius 1 is 1.14 bits per heavy atom. The maximum Gasteiger partial charge on any atom is 0.0270 e. The van der Waals surface area contributed by atoms with Gasteiger partial charge in [-0.25, -0.2) is 0 Å². The normalized spacial score (nSPS) is 12.9. The molecule has 1 atom stereocenters. The molecule has 0 fully saturated rings. The maximum atomic E-state index is 5.94. The monoisotopic (exact) mass is 295 g/mol. The second-order valence-electron chi connectivity index (χ2n) is 5.52. The van der Waals surface area contributed by atoms with Crippen LogP contribution >= 0.6 is 0 Å². The van der Waals surface area contributed by atoms with E-state index in [1.165, 1.54) is 11.1 Å². The highest BCUT2D eigenvalue weighted by atomic mass is 15.1. The van der Waals surface area contributed by atoms with Gasteiger partial charge in [-0.3, -0.25) is 4.98 Å². The van der Waals surface area contributed by atoms with Crippen molar-refractivity contribution < 1.29 is 0 Å². The lowest BCUT2D eigenvalue weighted by Crippen LogP contribution is -2.38. The first kappa shape index (κ1) is 16.4. The summed E-state index contributed by atoms with van der Waals surface area (Å²) < 4.78 is 0. The van der Waals surface area contributed by atoms with E-state index in [-0.39, 0.29) is 0 Å². The Bertz CT molecular complexity index is 551. The van der Waals surface area contributed by atoms with Gasteiger partial charge >= 0.3 is 0 Å². The van der Waals surface area contributed by atoms with Crippen LogP contribution in [-0.4, -0.2) is 36.1 Å². The molecule has 1 heterocycles. The van der Waals surface area contributed by atoms with Crippen molar-refractivity contribution in [2.75, 3.05) is 20.1 Å². The molecule has 2 rings (SSSR count). The van der Waals surface area contributed by atoms with Crippen molar-refractivity contribution in [2.45, 2.75) is 18.9 Å². The molecule has 3 nitrogen and oxygen atoms in total. The van der Waals surface area contributed by atoms with Gasteiger partial charge in [-0.1, -0.05) is 42.5 Å². The highest BCUT2D eigenvalue weighted by molar-refractivity contribution is 5.48. The van der Waals surface area contributed by atoms with Crippen LogP contribution in [0, 0.1) is 0 Å². The molecule has 116 valence electrons. The van der Waals surface area contributed by atoms with Gasteiger partial charge in [0.25, 0.3) is 0 Å². The second kappa shape index (κ2) is 9.13. The van der Waals surface area contributed by atoms with Crippen molar-refractivity contribution in [3.63, 3.8) is 0 Å². The van der Waals surface area contributed by atoms with Crippen LogP contribution in [0.25, 0.3) is 6.08 Å². The van der Waals surface area contributed by atoms with E-state index in [0.29, 0.717) is 12.6 Å². The van der Waals surface area contributed by atoms with Crippen molar-refractivity contribution in [1.29, 1.82) is 0 Å². The Morgan fingerprint density at radius 2 is 1.86 bits per heavy atom. The molecule has 0 aliphatic heterocycles. The molecule has 0 bridgehead atoms. The molecule has 1 aromatic carbocycles. The molecule has 2 aromatic rings. The summed E-state index contributed by atoms with van der Waals surface area (Å²) in [5.41, 5.74) is 8.49. The number of hydrogen-bond acceptors (Lipinski definition) is 3. The number of aromatic nitrogens is 1. The first-order valence-electron chi connectivity index (χ1n) is 7.80. The van der Waals surface area contributed by atoms with Crippen LogP contribution in [0.4, 0.5) is 0 Å². The highest BCUT2D eigenvalue weighted by Gasteiger charge is 2.11. The molecule has 0 saturated heterocycles. The van der Waals surface area contributed by atoms with E-state index < -0.39 is 0 Å². The van der Waals surface area contributed by atoms with Gasteiger partial charge in [-0.2, -0.15) is 0 Å². The summed E-state index contributed by atoms with van der Waals surface area (Å²) >= 11 is 0. The van der Waals surface area contributed by atoms with Gasteiger partial charge in [0.15, 0.2) is 0 Å². The SMILES string of the molecule is CN(CCc1ccncc1)C(CN)C/C=C\c1ccccc1. The van der Waals surface area contributed by atoms with Gasteiger partial charge in [-0.15, -0.1) is 0 Å². The van der Waals surface area contributed by atoms with Crippen molar-refractivity contribution in [1.82, 2.24) is 9.88 Å². The van der Waals surface area contributed by atoms with Crippen LogP contribution < -0.4 is 5.73 Å². The van der Waals surface area contributed by atoms with Crippen LogP contribution in [0.2, 0.25) is 0 Å². The predicted molar refractivity (Wildman–Crippen MR) is 93.5 cm³/mol. The molecule has 0 amide bonds. The Labute approximate surface area is 133 Å². The van der Waals surface area contributed by atoms with Crippen molar-refractivity contribution in [2.24, 2.45) is 5.73 Å². The quantitative estimate of drug-likeness (QED) is 0.814. The Morgan fingerprint density at radius 3 is 2.55 bits per heavy atom. The minimum Gasteiger partial charge on any atom is -0.329 e. The van der Waals surface area contributed by atoms with E-state index in [1.807, 2.05) is 18.5 Å². The minimum atomic E-state index is 0.377. The van der Waals surface area contributed by atoms with Gasteiger partial charge in [0.2, 0.25) is 0 Å². The minimum absolute atomic E-state index is 0.377. The summed E-state index contributed by atoms with van der Waals surface area (Å²) in [6, 6.07) is 14.9. The molecule has 1 unspecified atom stereocenters. The smallest absolute Gasteiger partial charge is 0.0270 e. The summed E-state index contributed by atoms with van der Waals surface area (Å²) in [7, 11) is 2.15. The van der Waals surface area contributed by atoms with E-state index in [4.69, 9.17) is 5.73 Å². The number of nitrogens with two attached hydrogens (primary N) is 1. The molecular weight excluding hydrogens is 270 g/mol. The van der Waals surface area contributed by atoms with E-state index in [1.54, 1.807) is 0 Å². The number of nitrogens with zero attached hydrogens (tertiary/aromatic N) is 2. The maximum absolute atomic E-state index is 5.94. The second-order valence-corrected chi connectivity index (χ2v) is 5.52. The Kier molecular flexibility index (Phi) is 6.81. The van der Waals surface area contributed by atoms with Gasteiger partial charge in [-0.05, 0) is 43.1 Å². The molecule has 0 spiro atoms. The molecule has 3 heteroatoms. The standard InChI is InChI=1S/C19H25N3/c1-22(15-12-18-10-13-21-14-11-18)19(16-20)9-5-8-17-6-3-2-4-7-17/h2-8,10-11,13-14,19H,9,12,15-16,20H2,1H3/b8-5-. The lowest BCUT2D eigenvalue weighted by atomic mass is 10.1. The summed E-state index contributed by atoms with van der Waals surface area (Å²) in [6.07, 6.45) is 10.1. The Balaban J connectivity index is 1.81. The average Bonchev–Trinajstić information content (AvgIpc) is 2.58. The lowest BCUT2D eigenvalue weighted by molar-refractivity contribution is 0.251. The molecule has 0 aliphatic carbocycles. The molecule has 0 saturated carbocycles. The molecule has 0 aliphatic rings. The number of likely N-dealkylation sites (N-methyl/N-ethyl adjacent to an activating group) is 1. The van der Waals surface area contributed by atoms with E-state index in [0.717, 1.165) is 19.4 Å². The van der Waals surface area contributed by atoms with E-state index in [2.05, 4.69) is 65.5 Å². The fourth-order valence-electron chi connectivity index (χ4n) is 2.42. The van der Waals surface area contributed by atoms with Gasteiger partial charge in [0, 0.05) is 31.5 Å². The van der Waals surface area contributed by atoms with Gasteiger partial charge in [0.1, 0.15) is 0 Å². The molecule has 22 heavy (non-hydrogen) atoms. The zero-order chi connectivity index (χ0) is 15.6.